The minimum Gasteiger partial charge on any atom is -0.494 e. The van der Waals surface area contributed by atoms with Crippen LogP contribution < -0.4 is 10.2 Å². The summed E-state index contributed by atoms with van der Waals surface area (Å²) in [5.74, 6) is 1.33. The Kier molecular flexibility index (Phi) is 7.77. The van der Waals surface area contributed by atoms with Crippen molar-refractivity contribution in [3.63, 3.8) is 0 Å². The van der Waals surface area contributed by atoms with Gasteiger partial charge in [-0.1, -0.05) is 29.4 Å². The normalized spacial score (nSPS) is 11.1. The molecule has 0 spiro atoms. The summed E-state index contributed by atoms with van der Waals surface area (Å²) in [5, 5.41) is 15.9. The molecule has 0 saturated heterocycles. The number of hydrogen-bond acceptors (Lipinski definition) is 7. The summed E-state index contributed by atoms with van der Waals surface area (Å²) in [6.45, 7) is 2.53. The molecule has 2 heterocycles. The number of carbonyl (C=O) groups excluding carboxylic acids is 1. The summed E-state index contributed by atoms with van der Waals surface area (Å²) in [4.78, 5) is 13.3. The number of rotatable bonds is 9. The number of amides is 1. The molecule has 1 amide bonds. The van der Waals surface area contributed by atoms with E-state index in [1.165, 1.54) is 11.8 Å². The lowest BCUT2D eigenvalue weighted by Gasteiger charge is -2.11. The van der Waals surface area contributed by atoms with Crippen LogP contribution in [0.15, 0.2) is 76.3 Å². The van der Waals surface area contributed by atoms with Crippen LogP contribution in [-0.2, 0) is 4.79 Å². The molecule has 0 unspecified atom stereocenters. The van der Waals surface area contributed by atoms with E-state index in [-0.39, 0.29) is 11.7 Å². The standard InChI is InChI=1S/C23H20ClN5O2S2/c1-2-31-19-11-9-18(10-12-19)29-22(16-5-7-17(24)8-6-16)27-28-23(29)33-15-21(30)26-25-14-20-4-3-13-32-20/h3-14H,2,15H2,1H3,(H,26,30)/b25-14-. The largest absolute Gasteiger partial charge is 0.494 e. The Balaban J connectivity index is 1.55. The maximum Gasteiger partial charge on any atom is 0.250 e. The van der Waals surface area contributed by atoms with E-state index in [0.717, 1.165) is 21.9 Å². The highest BCUT2D eigenvalue weighted by atomic mass is 35.5. The molecule has 0 atom stereocenters. The van der Waals surface area contributed by atoms with Gasteiger partial charge in [0.15, 0.2) is 11.0 Å². The average Bonchev–Trinajstić information content (AvgIpc) is 3.49. The topological polar surface area (TPSA) is 81.4 Å². The first-order valence-electron chi connectivity index (χ1n) is 10.1. The fraction of sp³-hybridized carbons (Fsp3) is 0.130. The van der Waals surface area contributed by atoms with Crippen LogP contribution in [-0.4, -0.2) is 39.2 Å². The highest BCUT2D eigenvalue weighted by Crippen LogP contribution is 2.29. The van der Waals surface area contributed by atoms with Gasteiger partial charge < -0.3 is 4.74 Å². The molecule has 33 heavy (non-hydrogen) atoms. The van der Waals surface area contributed by atoms with Gasteiger partial charge in [0, 0.05) is 21.2 Å². The number of hydrazone groups is 1. The van der Waals surface area contributed by atoms with Gasteiger partial charge in [0.1, 0.15) is 5.75 Å². The molecule has 10 heteroatoms. The molecule has 0 bridgehead atoms. The maximum atomic E-state index is 12.3. The Morgan fingerprint density at radius 1 is 1.18 bits per heavy atom. The van der Waals surface area contributed by atoms with E-state index in [1.807, 2.05) is 65.4 Å². The second-order valence-corrected chi connectivity index (χ2v) is 9.03. The van der Waals surface area contributed by atoms with Gasteiger partial charge in [-0.25, -0.2) is 5.43 Å². The SMILES string of the molecule is CCOc1ccc(-n2c(SCC(=O)N/N=C\c3cccs3)nnc2-c2ccc(Cl)cc2)cc1. The van der Waals surface area contributed by atoms with Gasteiger partial charge in [-0.15, -0.1) is 21.5 Å². The molecule has 0 fully saturated rings. The second-order valence-electron chi connectivity index (χ2n) is 6.67. The number of hydrogen-bond donors (Lipinski definition) is 1. The molecule has 1 N–H and O–H groups in total. The van der Waals surface area contributed by atoms with Crippen molar-refractivity contribution in [2.75, 3.05) is 12.4 Å². The maximum absolute atomic E-state index is 12.3. The number of nitrogens with zero attached hydrogens (tertiary/aromatic N) is 4. The minimum absolute atomic E-state index is 0.136. The van der Waals surface area contributed by atoms with Crippen LogP contribution in [0.25, 0.3) is 17.1 Å². The number of aromatic nitrogens is 3. The van der Waals surface area contributed by atoms with Crippen LogP contribution in [0.1, 0.15) is 11.8 Å². The highest BCUT2D eigenvalue weighted by Gasteiger charge is 2.17. The van der Waals surface area contributed by atoms with Gasteiger partial charge in [0.05, 0.1) is 18.6 Å². The van der Waals surface area contributed by atoms with Gasteiger partial charge in [-0.2, -0.15) is 5.10 Å². The zero-order valence-electron chi connectivity index (χ0n) is 17.6. The molecule has 2 aromatic heterocycles. The van der Waals surface area contributed by atoms with Crippen LogP contribution in [0.5, 0.6) is 5.75 Å². The Morgan fingerprint density at radius 2 is 1.97 bits per heavy atom. The molecular formula is C23H20ClN5O2S2. The molecule has 168 valence electrons. The van der Waals surface area contributed by atoms with Crippen LogP contribution in [0, 0.1) is 0 Å². The minimum atomic E-state index is -0.234. The van der Waals surface area contributed by atoms with E-state index in [2.05, 4.69) is 20.7 Å². The summed E-state index contributed by atoms with van der Waals surface area (Å²) in [6.07, 6.45) is 1.62. The first kappa shape index (κ1) is 23.0. The number of halogens is 1. The fourth-order valence-electron chi connectivity index (χ4n) is 2.94. The van der Waals surface area contributed by atoms with Gasteiger partial charge in [-0.05, 0) is 66.9 Å². The molecule has 7 nitrogen and oxygen atoms in total. The zero-order chi connectivity index (χ0) is 23.0. The van der Waals surface area contributed by atoms with Crippen molar-refractivity contribution in [3.05, 3.63) is 75.9 Å². The van der Waals surface area contributed by atoms with Crippen LogP contribution >= 0.6 is 34.7 Å². The van der Waals surface area contributed by atoms with Crippen molar-refractivity contribution in [3.8, 4) is 22.8 Å². The first-order chi connectivity index (χ1) is 16.1. The van der Waals surface area contributed by atoms with E-state index in [0.29, 0.717) is 22.6 Å². The van der Waals surface area contributed by atoms with Gasteiger partial charge in [-0.3, -0.25) is 9.36 Å². The summed E-state index contributed by atoms with van der Waals surface area (Å²) < 4.78 is 7.46. The highest BCUT2D eigenvalue weighted by molar-refractivity contribution is 7.99. The molecule has 0 aliphatic carbocycles. The Morgan fingerprint density at radius 3 is 2.67 bits per heavy atom. The molecule has 0 saturated carbocycles. The van der Waals surface area contributed by atoms with E-state index < -0.39 is 0 Å². The Hall–Kier alpha value is -3.14. The third-order valence-electron chi connectivity index (χ3n) is 4.40. The fourth-order valence-corrected chi connectivity index (χ4v) is 4.39. The summed E-state index contributed by atoms with van der Waals surface area (Å²) in [6, 6.07) is 18.9. The average molecular weight is 498 g/mol. The second kappa shape index (κ2) is 11.1. The smallest absolute Gasteiger partial charge is 0.250 e. The Bertz CT molecular complexity index is 1220. The third-order valence-corrected chi connectivity index (χ3v) is 6.39. The van der Waals surface area contributed by atoms with Crippen molar-refractivity contribution in [1.29, 1.82) is 0 Å². The van der Waals surface area contributed by atoms with E-state index in [1.54, 1.807) is 29.7 Å². The molecule has 0 radical (unpaired) electrons. The van der Waals surface area contributed by atoms with Crippen molar-refractivity contribution >= 4 is 46.8 Å². The quantitative estimate of drug-likeness (QED) is 0.193. The lowest BCUT2D eigenvalue weighted by Crippen LogP contribution is -2.19. The molecule has 4 rings (SSSR count). The van der Waals surface area contributed by atoms with Crippen LogP contribution in [0.3, 0.4) is 0 Å². The molecule has 4 aromatic rings. The number of ether oxygens (including phenoxy) is 1. The van der Waals surface area contributed by atoms with Crippen LogP contribution in [0.4, 0.5) is 0 Å². The third kappa shape index (κ3) is 6.01. The molecule has 0 aliphatic rings. The van der Waals surface area contributed by atoms with E-state index in [9.17, 15) is 4.79 Å². The Labute approximate surface area is 204 Å². The first-order valence-corrected chi connectivity index (χ1v) is 12.3. The summed E-state index contributed by atoms with van der Waals surface area (Å²) in [5.41, 5.74) is 4.26. The van der Waals surface area contributed by atoms with E-state index >= 15 is 0 Å². The predicted molar refractivity (Wildman–Crippen MR) is 134 cm³/mol. The summed E-state index contributed by atoms with van der Waals surface area (Å²) >= 11 is 8.88. The lowest BCUT2D eigenvalue weighted by molar-refractivity contribution is -0.118. The predicted octanol–water partition coefficient (Wildman–Crippen LogP) is 5.29. The van der Waals surface area contributed by atoms with Crippen molar-refractivity contribution in [1.82, 2.24) is 20.2 Å². The molecular weight excluding hydrogens is 478 g/mol. The number of nitrogens with one attached hydrogen (secondary N) is 1. The molecule has 0 aliphatic heterocycles. The zero-order valence-corrected chi connectivity index (χ0v) is 20.0. The van der Waals surface area contributed by atoms with Crippen molar-refractivity contribution < 1.29 is 9.53 Å². The number of thioether (sulfide) groups is 1. The van der Waals surface area contributed by atoms with E-state index in [4.69, 9.17) is 16.3 Å². The van der Waals surface area contributed by atoms with Gasteiger partial charge >= 0.3 is 0 Å². The summed E-state index contributed by atoms with van der Waals surface area (Å²) in [7, 11) is 0. The monoisotopic (exact) mass is 497 g/mol. The number of benzene rings is 2. The lowest BCUT2D eigenvalue weighted by atomic mass is 10.2. The number of carbonyl (C=O) groups is 1. The van der Waals surface area contributed by atoms with Gasteiger partial charge in [0.25, 0.3) is 5.91 Å². The van der Waals surface area contributed by atoms with Crippen molar-refractivity contribution in [2.45, 2.75) is 12.1 Å². The van der Waals surface area contributed by atoms with Crippen molar-refractivity contribution in [2.24, 2.45) is 5.10 Å². The van der Waals surface area contributed by atoms with Crippen LogP contribution in [0.2, 0.25) is 5.02 Å². The van der Waals surface area contributed by atoms with Gasteiger partial charge in [0.2, 0.25) is 0 Å². The number of thiophene rings is 1. The molecule has 2 aromatic carbocycles.